The first kappa shape index (κ1) is 27.4. The summed E-state index contributed by atoms with van der Waals surface area (Å²) < 4.78 is 5.43. The van der Waals surface area contributed by atoms with E-state index in [1.807, 2.05) is 79.9 Å². The predicted molar refractivity (Wildman–Crippen MR) is 159 cm³/mol. The third-order valence-corrected chi connectivity index (χ3v) is 6.68. The fourth-order valence-corrected chi connectivity index (χ4v) is 4.62. The quantitative estimate of drug-likeness (QED) is 0.254. The molecule has 1 aliphatic heterocycles. The first-order valence-corrected chi connectivity index (χ1v) is 13.5. The summed E-state index contributed by atoms with van der Waals surface area (Å²) in [5.41, 5.74) is 5.97. The Kier molecular flexibility index (Phi) is 9.08. The topological polar surface area (TPSA) is 80.2 Å². The van der Waals surface area contributed by atoms with E-state index in [1.165, 1.54) is 5.56 Å². The number of anilines is 1. The number of benzene rings is 2. The molecule has 5 aromatic rings. The van der Waals surface area contributed by atoms with Gasteiger partial charge in [-0.2, -0.15) is 0 Å². The number of aromatic nitrogens is 3. The number of pyridine rings is 3. The molecule has 6 rings (SSSR count). The molecule has 0 saturated carbocycles. The Balaban J connectivity index is 0.000000403. The summed E-state index contributed by atoms with van der Waals surface area (Å²) in [4.78, 5) is 28.4. The lowest BCUT2D eigenvalue weighted by molar-refractivity contribution is 0.0342. The van der Waals surface area contributed by atoms with Gasteiger partial charge in [-0.15, -0.1) is 0 Å². The summed E-state index contributed by atoms with van der Waals surface area (Å²) in [6, 6.07) is 25.1. The number of fused-ring (bicyclic) bond motifs is 1. The monoisotopic (exact) mass is 551 g/mol. The van der Waals surface area contributed by atoms with Crippen molar-refractivity contribution in [3.05, 3.63) is 119 Å². The second-order valence-electron chi connectivity index (χ2n) is 9.52. The molecule has 8 heteroatoms. The average Bonchev–Trinajstić information content (AvgIpc) is 2.98. The zero-order valence-electron chi connectivity index (χ0n) is 22.3. The van der Waals surface area contributed by atoms with Crippen LogP contribution in [0.4, 0.5) is 5.69 Å². The molecule has 7 nitrogen and oxygen atoms in total. The van der Waals surface area contributed by atoms with E-state index in [2.05, 4.69) is 26.3 Å². The van der Waals surface area contributed by atoms with Crippen molar-refractivity contribution in [2.45, 2.75) is 13.5 Å². The standard InChI is InChI=1S/C27H26N4O2.C5H4ClN/c1-19-14-22(17-28-16-19)25-9-8-21-5-3-7-24(26(21)30-25)27(32)29-23-6-2-4-20(15-23)18-31-10-12-33-13-11-31;6-5-3-1-2-4-7-5/h2-9,14-17H,10-13,18H2,1H3,(H,29,32);1-4H. The van der Waals surface area contributed by atoms with Crippen molar-refractivity contribution >= 4 is 34.1 Å². The lowest BCUT2D eigenvalue weighted by atomic mass is 10.1. The van der Waals surface area contributed by atoms with Crippen LogP contribution in [-0.2, 0) is 11.3 Å². The van der Waals surface area contributed by atoms with Crippen LogP contribution in [0.3, 0.4) is 0 Å². The van der Waals surface area contributed by atoms with Crippen LogP contribution in [0.15, 0.2) is 97.5 Å². The van der Waals surface area contributed by atoms with Crippen molar-refractivity contribution < 1.29 is 9.53 Å². The number of halogens is 1. The molecule has 0 spiro atoms. The Bertz CT molecular complexity index is 1590. The smallest absolute Gasteiger partial charge is 0.257 e. The third-order valence-electron chi connectivity index (χ3n) is 6.46. The number of ether oxygens (including phenoxy) is 1. The maximum atomic E-state index is 13.2. The fraction of sp³-hybridized carbons (Fsp3) is 0.188. The van der Waals surface area contributed by atoms with Gasteiger partial charge in [-0.25, -0.2) is 9.97 Å². The molecule has 4 heterocycles. The second-order valence-corrected chi connectivity index (χ2v) is 9.91. The highest BCUT2D eigenvalue weighted by Gasteiger charge is 2.14. The van der Waals surface area contributed by atoms with Gasteiger partial charge in [-0.05, 0) is 60.5 Å². The number of aryl methyl sites for hydroxylation is 1. The van der Waals surface area contributed by atoms with Gasteiger partial charge in [0.1, 0.15) is 5.15 Å². The molecule has 3 aromatic heterocycles. The van der Waals surface area contributed by atoms with Crippen molar-refractivity contribution in [2.75, 3.05) is 31.6 Å². The van der Waals surface area contributed by atoms with Gasteiger partial charge < -0.3 is 10.1 Å². The Morgan fingerprint density at radius 3 is 2.58 bits per heavy atom. The van der Waals surface area contributed by atoms with E-state index in [-0.39, 0.29) is 5.91 Å². The summed E-state index contributed by atoms with van der Waals surface area (Å²) in [7, 11) is 0. The summed E-state index contributed by atoms with van der Waals surface area (Å²) in [5, 5.41) is 4.53. The molecule has 0 aliphatic carbocycles. The average molecular weight is 552 g/mol. The first-order valence-electron chi connectivity index (χ1n) is 13.1. The number of carbonyl (C=O) groups excluding carboxylic acids is 1. The van der Waals surface area contributed by atoms with Crippen LogP contribution < -0.4 is 5.32 Å². The molecule has 1 fully saturated rings. The third kappa shape index (κ3) is 7.27. The molecule has 0 radical (unpaired) electrons. The van der Waals surface area contributed by atoms with Crippen molar-refractivity contribution in [1.82, 2.24) is 19.9 Å². The van der Waals surface area contributed by atoms with Crippen LogP contribution in [0.1, 0.15) is 21.5 Å². The first-order chi connectivity index (χ1) is 19.5. The number of morpholine rings is 1. The normalized spacial score (nSPS) is 13.3. The number of hydrogen-bond acceptors (Lipinski definition) is 6. The van der Waals surface area contributed by atoms with E-state index in [0.29, 0.717) is 16.2 Å². The molecule has 0 atom stereocenters. The Morgan fingerprint density at radius 1 is 0.975 bits per heavy atom. The minimum atomic E-state index is -0.170. The zero-order chi connectivity index (χ0) is 27.7. The number of nitrogens with zero attached hydrogens (tertiary/aromatic N) is 4. The minimum Gasteiger partial charge on any atom is -0.379 e. The van der Waals surface area contributed by atoms with Crippen LogP contribution in [0.25, 0.3) is 22.2 Å². The molecular formula is C32H30ClN5O2. The summed E-state index contributed by atoms with van der Waals surface area (Å²) in [5.74, 6) is -0.170. The van der Waals surface area contributed by atoms with Gasteiger partial charge in [-0.3, -0.25) is 14.7 Å². The number of para-hydroxylation sites is 1. The van der Waals surface area contributed by atoms with Gasteiger partial charge in [0, 0.05) is 54.9 Å². The number of rotatable bonds is 5. The van der Waals surface area contributed by atoms with Crippen LogP contribution in [0, 0.1) is 6.92 Å². The van der Waals surface area contributed by atoms with Crippen LogP contribution in [0.5, 0.6) is 0 Å². The van der Waals surface area contributed by atoms with Crippen molar-refractivity contribution in [2.24, 2.45) is 0 Å². The molecule has 1 amide bonds. The molecular weight excluding hydrogens is 522 g/mol. The fourth-order valence-electron chi connectivity index (χ4n) is 4.49. The molecule has 40 heavy (non-hydrogen) atoms. The highest BCUT2D eigenvalue weighted by molar-refractivity contribution is 6.29. The molecule has 202 valence electrons. The Hall–Kier alpha value is -4.17. The van der Waals surface area contributed by atoms with Gasteiger partial charge in [0.15, 0.2) is 0 Å². The molecule has 2 aromatic carbocycles. The van der Waals surface area contributed by atoms with Gasteiger partial charge in [0.05, 0.1) is 30.0 Å². The van der Waals surface area contributed by atoms with E-state index in [9.17, 15) is 4.79 Å². The molecule has 1 aliphatic rings. The van der Waals surface area contributed by atoms with E-state index >= 15 is 0 Å². The Labute approximate surface area is 238 Å². The zero-order valence-corrected chi connectivity index (χ0v) is 23.0. The highest BCUT2D eigenvalue weighted by Crippen LogP contribution is 2.24. The van der Waals surface area contributed by atoms with Gasteiger partial charge >= 0.3 is 0 Å². The van der Waals surface area contributed by atoms with Gasteiger partial charge in [0.2, 0.25) is 0 Å². The SMILES string of the molecule is Cc1cncc(-c2ccc3cccc(C(=O)Nc4cccc(CN5CCOCC5)c4)c3n2)c1.Clc1ccccn1. The van der Waals surface area contributed by atoms with Gasteiger partial charge in [-0.1, -0.05) is 48.0 Å². The maximum absolute atomic E-state index is 13.2. The summed E-state index contributed by atoms with van der Waals surface area (Å²) >= 11 is 5.43. The molecule has 0 unspecified atom stereocenters. The Morgan fingerprint density at radius 2 is 1.82 bits per heavy atom. The van der Waals surface area contributed by atoms with Crippen molar-refractivity contribution in [3.8, 4) is 11.3 Å². The lowest BCUT2D eigenvalue weighted by Gasteiger charge is -2.26. The lowest BCUT2D eigenvalue weighted by Crippen LogP contribution is -2.35. The summed E-state index contributed by atoms with van der Waals surface area (Å²) in [6.07, 6.45) is 5.27. The van der Waals surface area contributed by atoms with Crippen molar-refractivity contribution in [1.29, 1.82) is 0 Å². The van der Waals surface area contributed by atoms with E-state index in [4.69, 9.17) is 21.3 Å². The predicted octanol–water partition coefficient (Wildman–Crippen LogP) is 6.42. The number of carbonyl (C=O) groups is 1. The van der Waals surface area contributed by atoms with E-state index in [0.717, 1.165) is 60.7 Å². The van der Waals surface area contributed by atoms with Crippen LogP contribution >= 0.6 is 11.6 Å². The number of amides is 1. The molecule has 0 bridgehead atoms. The highest BCUT2D eigenvalue weighted by atomic mass is 35.5. The van der Waals surface area contributed by atoms with Crippen LogP contribution in [0.2, 0.25) is 5.15 Å². The second kappa shape index (κ2) is 13.3. The molecule has 1 saturated heterocycles. The number of hydrogen-bond donors (Lipinski definition) is 1. The summed E-state index contributed by atoms with van der Waals surface area (Å²) in [6.45, 7) is 6.24. The largest absolute Gasteiger partial charge is 0.379 e. The van der Waals surface area contributed by atoms with Crippen LogP contribution in [-0.4, -0.2) is 52.1 Å². The van der Waals surface area contributed by atoms with Gasteiger partial charge in [0.25, 0.3) is 5.91 Å². The minimum absolute atomic E-state index is 0.170. The van der Waals surface area contributed by atoms with E-state index in [1.54, 1.807) is 18.5 Å². The van der Waals surface area contributed by atoms with Crippen molar-refractivity contribution in [3.63, 3.8) is 0 Å². The van der Waals surface area contributed by atoms with E-state index < -0.39 is 0 Å². The maximum Gasteiger partial charge on any atom is 0.257 e. The number of nitrogens with one attached hydrogen (secondary N) is 1. The molecule has 1 N–H and O–H groups in total.